The molecule has 122 valence electrons. The van der Waals surface area contributed by atoms with Gasteiger partial charge in [-0.15, -0.1) is 0 Å². The number of alkyl halides is 3. The summed E-state index contributed by atoms with van der Waals surface area (Å²) in [6, 6.07) is 4.93. The first kappa shape index (κ1) is 16.8. The number of carbonyl (C=O) groups is 1. The van der Waals surface area contributed by atoms with Crippen molar-refractivity contribution in [2.75, 3.05) is 19.8 Å². The molecule has 1 aliphatic rings. The average molecular weight is 317 g/mol. The lowest BCUT2D eigenvalue weighted by Crippen LogP contribution is -2.53. The molecule has 0 spiro atoms. The lowest BCUT2D eigenvalue weighted by atomic mass is 9.99. The number of ether oxygens (including phenoxy) is 1. The maximum absolute atomic E-state index is 12.7. The Labute approximate surface area is 126 Å². The number of aliphatic hydroxyl groups is 1. The van der Waals surface area contributed by atoms with Crippen LogP contribution in [0.5, 0.6) is 0 Å². The summed E-state index contributed by atoms with van der Waals surface area (Å²) in [5, 5.41) is 9.04. The van der Waals surface area contributed by atoms with Crippen molar-refractivity contribution in [1.82, 2.24) is 4.90 Å². The van der Waals surface area contributed by atoms with Gasteiger partial charge in [-0.25, -0.2) is 0 Å². The van der Waals surface area contributed by atoms with E-state index in [9.17, 15) is 18.0 Å². The van der Waals surface area contributed by atoms with Crippen molar-refractivity contribution in [3.8, 4) is 0 Å². The summed E-state index contributed by atoms with van der Waals surface area (Å²) in [4.78, 5) is 13.4. The molecular formula is C15H18F3NO3. The van der Waals surface area contributed by atoms with Gasteiger partial charge in [-0.3, -0.25) is 4.79 Å². The van der Waals surface area contributed by atoms with Crippen molar-refractivity contribution < 1.29 is 27.8 Å². The highest BCUT2D eigenvalue weighted by Gasteiger charge is 2.36. The summed E-state index contributed by atoms with van der Waals surface area (Å²) in [5.74, 6) is -0.271. The topological polar surface area (TPSA) is 49.8 Å². The van der Waals surface area contributed by atoms with Crippen LogP contribution in [0.25, 0.3) is 0 Å². The minimum Gasteiger partial charge on any atom is -0.396 e. The smallest absolute Gasteiger partial charge is 0.396 e. The van der Waals surface area contributed by atoms with Crippen LogP contribution >= 0.6 is 0 Å². The first-order chi connectivity index (χ1) is 10.2. The predicted octanol–water partition coefficient (Wildman–Crippen LogP) is 2.21. The molecule has 0 radical (unpaired) electrons. The van der Waals surface area contributed by atoms with Gasteiger partial charge in [0.1, 0.15) is 6.61 Å². The second-order valence-corrected chi connectivity index (χ2v) is 5.66. The minimum absolute atomic E-state index is 0.0813. The molecule has 22 heavy (non-hydrogen) atoms. The number of benzene rings is 1. The molecule has 1 heterocycles. The maximum atomic E-state index is 12.7. The number of morpholine rings is 1. The first-order valence-electron chi connectivity index (χ1n) is 6.92. The quantitative estimate of drug-likeness (QED) is 0.926. The minimum atomic E-state index is -4.41. The standard InChI is InChI=1S/C15H18F3NO3/c1-14(5-6-20)10-19(13(21)9-22-14)8-11-3-2-4-12(7-11)15(16,17)18/h2-4,7,20H,5-6,8-10H2,1H3. The molecule has 0 aliphatic carbocycles. The summed E-state index contributed by atoms with van der Waals surface area (Å²) in [7, 11) is 0. The number of rotatable bonds is 4. The molecule has 1 aromatic rings. The Morgan fingerprint density at radius 3 is 2.77 bits per heavy atom. The fraction of sp³-hybridized carbons (Fsp3) is 0.533. The Hall–Kier alpha value is -1.60. The third-order valence-electron chi connectivity index (χ3n) is 3.69. The van der Waals surface area contributed by atoms with Gasteiger partial charge in [-0.05, 0) is 24.6 Å². The van der Waals surface area contributed by atoms with Gasteiger partial charge in [-0.1, -0.05) is 12.1 Å². The summed E-state index contributed by atoms with van der Waals surface area (Å²) in [6.45, 7) is 1.89. The van der Waals surface area contributed by atoms with Crippen LogP contribution in [-0.4, -0.2) is 41.3 Å². The maximum Gasteiger partial charge on any atom is 0.416 e. The van der Waals surface area contributed by atoms with Gasteiger partial charge in [0.2, 0.25) is 5.91 Å². The first-order valence-corrected chi connectivity index (χ1v) is 6.92. The third kappa shape index (κ3) is 3.98. The SMILES string of the molecule is CC1(CCO)CN(Cc2cccc(C(F)(F)F)c2)C(=O)CO1. The molecule has 1 aromatic carbocycles. The zero-order valence-electron chi connectivity index (χ0n) is 12.2. The Morgan fingerprint density at radius 2 is 2.14 bits per heavy atom. The molecule has 1 atom stereocenters. The van der Waals surface area contributed by atoms with E-state index in [-0.39, 0.29) is 32.2 Å². The molecule has 1 amide bonds. The van der Waals surface area contributed by atoms with Crippen LogP contribution < -0.4 is 0 Å². The molecule has 0 saturated carbocycles. The van der Waals surface area contributed by atoms with E-state index in [4.69, 9.17) is 9.84 Å². The van der Waals surface area contributed by atoms with Crippen molar-refractivity contribution in [2.45, 2.75) is 31.7 Å². The van der Waals surface area contributed by atoms with Gasteiger partial charge in [-0.2, -0.15) is 13.2 Å². The lowest BCUT2D eigenvalue weighted by Gasteiger charge is -2.40. The zero-order valence-corrected chi connectivity index (χ0v) is 12.2. The van der Waals surface area contributed by atoms with Crippen LogP contribution in [0, 0.1) is 0 Å². The number of hydrogen-bond acceptors (Lipinski definition) is 3. The van der Waals surface area contributed by atoms with Crippen LogP contribution in [-0.2, 0) is 22.3 Å². The average Bonchev–Trinajstić information content (AvgIpc) is 2.43. The van der Waals surface area contributed by atoms with Crippen molar-refractivity contribution in [3.05, 3.63) is 35.4 Å². The predicted molar refractivity (Wildman–Crippen MR) is 72.9 cm³/mol. The molecule has 1 saturated heterocycles. The summed E-state index contributed by atoms with van der Waals surface area (Å²) in [5.41, 5.74) is -0.996. The van der Waals surface area contributed by atoms with Crippen LogP contribution in [0.15, 0.2) is 24.3 Å². The fourth-order valence-corrected chi connectivity index (χ4v) is 2.46. The van der Waals surface area contributed by atoms with Gasteiger partial charge < -0.3 is 14.7 Å². The van der Waals surface area contributed by atoms with Crippen molar-refractivity contribution in [3.63, 3.8) is 0 Å². The van der Waals surface area contributed by atoms with Gasteiger partial charge in [0.25, 0.3) is 0 Å². The lowest BCUT2D eigenvalue weighted by molar-refractivity contribution is -0.164. The molecule has 1 aliphatic heterocycles. The second kappa shape index (κ2) is 6.26. The van der Waals surface area contributed by atoms with E-state index in [0.717, 1.165) is 12.1 Å². The Bertz CT molecular complexity index is 547. The van der Waals surface area contributed by atoms with E-state index in [1.807, 2.05) is 0 Å². The Kier molecular flexibility index (Phi) is 4.77. The molecule has 0 bridgehead atoms. The number of carbonyl (C=O) groups excluding carboxylic acids is 1. The van der Waals surface area contributed by atoms with Crippen molar-refractivity contribution in [2.24, 2.45) is 0 Å². The molecular weight excluding hydrogens is 299 g/mol. The molecule has 1 N–H and O–H groups in total. The van der Waals surface area contributed by atoms with Gasteiger partial charge in [0.15, 0.2) is 0 Å². The highest BCUT2D eigenvalue weighted by molar-refractivity contribution is 5.78. The van der Waals surface area contributed by atoms with Crippen LogP contribution in [0.3, 0.4) is 0 Å². The van der Waals surface area contributed by atoms with Gasteiger partial charge in [0.05, 0.1) is 11.2 Å². The largest absolute Gasteiger partial charge is 0.416 e. The number of aliphatic hydroxyl groups excluding tert-OH is 1. The van der Waals surface area contributed by atoms with Crippen molar-refractivity contribution >= 4 is 5.91 Å². The molecule has 1 fully saturated rings. The second-order valence-electron chi connectivity index (χ2n) is 5.66. The number of halogens is 3. The van der Waals surface area contributed by atoms with E-state index in [1.54, 1.807) is 13.0 Å². The highest BCUT2D eigenvalue weighted by Crippen LogP contribution is 2.30. The zero-order chi connectivity index (χ0) is 16.4. The summed E-state index contributed by atoms with van der Waals surface area (Å²) < 4.78 is 43.6. The van der Waals surface area contributed by atoms with E-state index in [2.05, 4.69) is 0 Å². The Balaban J connectivity index is 2.13. The van der Waals surface area contributed by atoms with Crippen LogP contribution in [0.1, 0.15) is 24.5 Å². The molecule has 0 aromatic heterocycles. The normalized spacial score (nSPS) is 23.0. The summed E-state index contributed by atoms with van der Waals surface area (Å²) in [6.07, 6.45) is -4.05. The van der Waals surface area contributed by atoms with E-state index >= 15 is 0 Å². The number of amides is 1. The van der Waals surface area contributed by atoms with Gasteiger partial charge >= 0.3 is 6.18 Å². The van der Waals surface area contributed by atoms with Crippen molar-refractivity contribution in [1.29, 1.82) is 0 Å². The van der Waals surface area contributed by atoms with E-state index in [0.29, 0.717) is 12.0 Å². The number of nitrogens with zero attached hydrogens (tertiary/aromatic N) is 1. The third-order valence-corrected chi connectivity index (χ3v) is 3.69. The Morgan fingerprint density at radius 1 is 1.41 bits per heavy atom. The molecule has 4 nitrogen and oxygen atoms in total. The van der Waals surface area contributed by atoms with Crippen LogP contribution in [0.2, 0.25) is 0 Å². The van der Waals surface area contributed by atoms with E-state index in [1.165, 1.54) is 11.0 Å². The monoisotopic (exact) mass is 317 g/mol. The molecule has 2 rings (SSSR count). The van der Waals surface area contributed by atoms with Crippen LogP contribution in [0.4, 0.5) is 13.2 Å². The molecule has 1 unspecified atom stereocenters. The molecule has 7 heteroatoms. The van der Waals surface area contributed by atoms with Gasteiger partial charge in [0, 0.05) is 26.1 Å². The number of hydrogen-bond donors (Lipinski definition) is 1. The summed E-state index contributed by atoms with van der Waals surface area (Å²) >= 11 is 0. The highest BCUT2D eigenvalue weighted by atomic mass is 19.4. The van der Waals surface area contributed by atoms with E-state index < -0.39 is 17.3 Å². The fourth-order valence-electron chi connectivity index (χ4n) is 2.46.